The minimum atomic E-state index is -0.308. The molecule has 0 N–H and O–H groups in total. The molecule has 1 unspecified atom stereocenters. The summed E-state index contributed by atoms with van der Waals surface area (Å²) >= 11 is 0. The molecule has 3 rings (SSSR count). The molecule has 0 aliphatic carbocycles. The van der Waals surface area contributed by atoms with Gasteiger partial charge in [-0.2, -0.15) is 0 Å². The van der Waals surface area contributed by atoms with Crippen molar-refractivity contribution in [2.45, 2.75) is 13.2 Å². The van der Waals surface area contributed by atoms with E-state index in [1.807, 2.05) is 55.5 Å². The molecule has 0 spiro atoms. The molecular weight excluding hydrogens is 200 g/mol. The van der Waals surface area contributed by atoms with Crippen LogP contribution in [0.4, 0.5) is 0 Å². The van der Waals surface area contributed by atoms with E-state index in [-0.39, 0.29) is 6.29 Å². The molecule has 0 saturated carbocycles. The summed E-state index contributed by atoms with van der Waals surface area (Å²) in [5.41, 5.74) is 2.15. The van der Waals surface area contributed by atoms with Crippen LogP contribution in [0.15, 0.2) is 48.5 Å². The van der Waals surface area contributed by atoms with E-state index in [1.165, 1.54) is 0 Å². The molecule has 0 fully saturated rings. The third-order valence-corrected chi connectivity index (χ3v) is 2.71. The van der Waals surface area contributed by atoms with Crippen molar-refractivity contribution in [2.75, 3.05) is 0 Å². The minimum Gasteiger partial charge on any atom is -0.447 e. The van der Waals surface area contributed by atoms with Gasteiger partial charge in [-0.3, -0.25) is 0 Å². The molecule has 1 heterocycles. The van der Waals surface area contributed by atoms with Gasteiger partial charge in [-0.15, -0.1) is 0 Å². The van der Waals surface area contributed by atoms with Crippen molar-refractivity contribution in [3.8, 4) is 11.5 Å². The summed E-state index contributed by atoms with van der Waals surface area (Å²) in [6.45, 7) is 2.02. The van der Waals surface area contributed by atoms with E-state index in [9.17, 15) is 0 Å². The number of benzene rings is 2. The Morgan fingerprint density at radius 1 is 0.875 bits per heavy atom. The van der Waals surface area contributed by atoms with E-state index in [1.54, 1.807) is 0 Å². The third kappa shape index (κ3) is 1.43. The number of hydrogen-bond acceptors (Lipinski definition) is 2. The molecule has 0 saturated heterocycles. The molecule has 0 bridgehead atoms. The Hall–Kier alpha value is -1.96. The average molecular weight is 212 g/mol. The van der Waals surface area contributed by atoms with Crippen molar-refractivity contribution >= 4 is 0 Å². The van der Waals surface area contributed by atoms with Crippen LogP contribution in [0.25, 0.3) is 0 Å². The van der Waals surface area contributed by atoms with Crippen LogP contribution in [-0.2, 0) is 0 Å². The summed E-state index contributed by atoms with van der Waals surface area (Å²) in [5, 5.41) is 0. The van der Waals surface area contributed by atoms with Crippen LogP contribution in [0.2, 0.25) is 0 Å². The fourth-order valence-electron chi connectivity index (χ4n) is 1.86. The smallest absolute Gasteiger partial charge is 0.267 e. The summed E-state index contributed by atoms with van der Waals surface area (Å²) in [6, 6.07) is 15.9. The van der Waals surface area contributed by atoms with Gasteiger partial charge in [-0.1, -0.05) is 42.5 Å². The van der Waals surface area contributed by atoms with Crippen LogP contribution >= 0.6 is 0 Å². The van der Waals surface area contributed by atoms with Crippen LogP contribution < -0.4 is 9.47 Å². The van der Waals surface area contributed by atoms with Gasteiger partial charge in [0.2, 0.25) is 0 Å². The predicted octanol–water partition coefficient (Wildman–Crippen LogP) is 3.47. The lowest BCUT2D eigenvalue weighted by Gasteiger charge is -2.09. The van der Waals surface area contributed by atoms with Gasteiger partial charge < -0.3 is 9.47 Å². The molecule has 2 heteroatoms. The number of hydrogen-bond donors (Lipinski definition) is 0. The molecule has 1 aliphatic heterocycles. The van der Waals surface area contributed by atoms with Gasteiger partial charge in [0.15, 0.2) is 11.5 Å². The van der Waals surface area contributed by atoms with E-state index >= 15 is 0 Å². The molecular formula is C14H12O2. The summed E-state index contributed by atoms with van der Waals surface area (Å²) in [4.78, 5) is 0. The fourth-order valence-corrected chi connectivity index (χ4v) is 1.86. The van der Waals surface area contributed by atoms with E-state index in [0.717, 1.165) is 22.6 Å². The predicted molar refractivity (Wildman–Crippen MR) is 61.6 cm³/mol. The first-order chi connectivity index (χ1) is 7.84. The second-order valence-corrected chi connectivity index (χ2v) is 3.88. The zero-order valence-corrected chi connectivity index (χ0v) is 9.01. The largest absolute Gasteiger partial charge is 0.447 e. The van der Waals surface area contributed by atoms with Crippen LogP contribution in [-0.4, -0.2) is 0 Å². The van der Waals surface area contributed by atoms with Gasteiger partial charge in [-0.05, 0) is 18.6 Å². The van der Waals surface area contributed by atoms with Crippen molar-refractivity contribution in [1.82, 2.24) is 0 Å². The second kappa shape index (κ2) is 3.56. The van der Waals surface area contributed by atoms with Gasteiger partial charge in [0, 0.05) is 5.56 Å². The first kappa shape index (κ1) is 9.28. The lowest BCUT2D eigenvalue weighted by atomic mass is 10.2. The molecule has 16 heavy (non-hydrogen) atoms. The van der Waals surface area contributed by atoms with E-state index in [0.29, 0.717) is 0 Å². The topological polar surface area (TPSA) is 18.5 Å². The maximum Gasteiger partial charge on any atom is 0.267 e. The molecule has 2 aromatic rings. The number of fused-ring (bicyclic) bond motifs is 1. The monoisotopic (exact) mass is 212 g/mol. The van der Waals surface area contributed by atoms with Crippen molar-refractivity contribution in [3.05, 3.63) is 59.7 Å². The standard InChI is InChI=1S/C14H12O2/c1-10-6-5-9-12-13(10)16-14(15-12)11-7-3-2-4-8-11/h2-9,14H,1H3. The molecule has 1 atom stereocenters. The Morgan fingerprint density at radius 2 is 1.69 bits per heavy atom. The Labute approximate surface area is 94.4 Å². The summed E-state index contributed by atoms with van der Waals surface area (Å²) in [5.74, 6) is 1.69. The maximum absolute atomic E-state index is 5.80. The van der Waals surface area contributed by atoms with Gasteiger partial charge in [0.05, 0.1) is 0 Å². The Balaban J connectivity index is 1.94. The van der Waals surface area contributed by atoms with Crippen molar-refractivity contribution < 1.29 is 9.47 Å². The summed E-state index contributed by atoms with van der Waals surface area (Å²) in [6.07, 6.45) is -0.308. The second-order valence-electron chi connectivity index (χ2n) is 3.88. The summed E-state index contributed by atoms with van der Waals surface area (Å²) < 4.78 is 11.6. The number of ether oxygens (including phenoxy) is 2. The zero-order valence-electron chi connectivity index (χ0n) is 9.01. The quantitative estimate of drug-likeness (QED) is 0.720. The Kier molecular flexibility index (Phi) is 2.07. The minimum absolute atomic E-state index is 0.308. The lowest BCUT2D eigenvalue weighted by Crippen LogP contribution is -2.07. The molecule has 0 aromatic heterocycles. The van der Waals surface area contributed by atoms with Crippen molar-refractivity contribution in [3.63, 3.8) is 0 Å². The normalized spacial score (nSPS) is 17.4. The molecule has 0 radical (unpaired) electrons. The molecule has 80 valence electrons. The van der Waals surface area contributed by atoms with Gasteiger partial charge in [-0.25, -0.2) is 0 Å². The highest BCUT2D eigenvalue weighted by Gasteiger charge is 2.26. The molecule has 1 aliphatic rings. The highest BCUT2D eigenvalue weighted by Crippen LogP contribution is 2.42. The van der Waals surface area contributed by atoms with Crippen LogP contribution in [0.1, 0.15) is 17.4 Å². The van der Waals surface area contributed by atoms with Gasteiger partial charge in [0.1, 0.15) is 0 Å². The molecule has 2 nitrogen and oxygen atoms in total. The third-order valence-electron chi connectivity index (χ3n) is 2.71. The first-order valence-corrected chi connectivity index (χ1v) is 5.32. The highest BCUT2D eigenvalue weighted by atomic mass is 16.7. The maximum atomic E-state index is 5.80. The van der Waals surface area contributed by atoms with E-state index in [4.69, 9.17) is 9.47 Å². The van der Waals surface area contributed by atoms with Crippen LogP contribution in [0.3, 0.4) is 0 Å². The van der Waals surface area contributed by atoms with Gasteiger partial charge >= 0.3 is 0 Å². The molecule has 0 amide bonds. The number of para-hydroxylation sites is 1. The van der Waals surface area contributed by atoms with Crippen molar-refractivity contribution in [1.29, 1.82) is 0 Å². The summed E-state index contributed by atoms with van der Waals surface area (Å²) in [7, 11) is 0. The number of rotatable bonds is 1. The Morgan fingerprint density at radius 3 is 2.44 bits per heavy atom. The van der Waals surface area contributed by atoms with E-state index in [2.05, 4.69) is 0 Å². The lowest BCUT2D eigenvalue weighted by molar-refractivity contribution is 0.0484. The van der Waals surface area contributed by atoms with Crippen LogP contribution in [0.5, 0.6) is 11.5 Å². The van der Waals surface area contributed by atoms with Crippen LogP contribution in [0, 0.1) is 6.92 Å². The first-order valence-electron chi connectivity index (χ1n) is 5.32. The van der Waals surface area contributed by atoms with Crippen molar-refractivity contribution in [2.24, 2.45) is 0 Å². The molecule has 2 aromatic carbocycles. The average Bonchev–Trinajstić information content (AvgIpc) is 2.76. The SMILES string of the molecule is Cc1cccc2c1OC(c1ccccc1)O2. The zero-order chi connectivity index (χ0) is 11.0. The van der Waals surface area contributed by atoms with Gasteiger partial charge in [0.25, 0.3) is 6.29 Å². The number of aryl methyl sites for hydroxylation is 1. The van der Waals surface area contributed by atoms with E-state index < -0.39 is 0 Å². The Bertz CT molecular complexity index is 505. The fraction of sp³-hybridized carbons (Fsp3) is 0.143. The highest BCUT2D eigenvalue weighted by molar-refractivity contribution is 5.48.